The van der Waals surface area contributed by atoms with Crippen LogP contribution in [-0.2, 0) is 16.1 Å². The number of hydrogen-bond acceptors (Lipinski definition) is 7. The summed E-state index contributed by atoms with van der Waals surface area (Å²) in [6, 6.07) is 10.7. The smallest absolute Gasteiger partial charge is 0.338 e. The van der Waals surface area contributed by atoms with Gasteiger partial charge in [-0.25, -0.2) is 4.79 Å². The van der Waals surface area contributed by atoms with Gasteiger partial charge in [-0.1, -0.05) is 12.1 Å². The summed E-state index contributed by atoms with van der Waals surface area (Å²) in [5.41, 5.74) is 4.91. The molecule has 2 amide bonds. The number of nitro benzene ring substituents is 1. The third-order valence-electron chi connectivity index (χ3n) is 3.36. The highest BCUT2D eigenvalue weighted by Crippen LogP contribution is 2.11. The monoisotopic (exact) mass is 373 g/mol. The molecule has 0 heterocycles. The van der Waals surface area contributed by atoms with Gasteiger partial charge < -0.3 is 9.84 Å². The van der Waals surface area contributed by atoms with Crippen LogP contribution in [0.2, 0.25) is 0 Å². The van der Waals surface area contributed by atoms with E-state index in [1.54, 1.807) is 12.1 Å². The molecule has 2 aromatic carbocycles. The highest BCUT2D eigenvalue weighted by molar-refractivity contribution is 5.96. The maximum atomic E-state index is 11.8. The van der Waals surface area contributed by atoms with E-state index in [4.69, 9.17) is 9.84 Å². The fraction of sp³-hybridized carbons (Fsp3) is 0.118. The number of hydrazine groups is 1. The standard InChI is InChI=1S/C17H15N3O7/c21-9-11-1-3-13(4-2-11)17(24)27-10-15(22)18-19-16(23)12-5-7-14(8-6-12)20(25)26/h1-8,21H,9-10H2,(H,18,22)(H,19,23). The molecule has 27 heavy (non-hydrogen) atoms. The number of rotatable bonds is 6. The van der Waals surface area contributed by atoms with Crippen LogP contribution in [0.1, 0.15) is 26.3 Å². The van der Waals surface area contributed by atoms with E-state index < -0.39 is 29.3 Å². The first kappa shape index (κ1) is 19.5. The van der Waals surface area contributed by atoms with Crippen LogP contribution in [0.3, 0.4) is 0 Å². The molecular formula is C17H15N3O7. The van der Waals surface area contributed by atoms with Gasteiger partial charge in [0.2, 0.25) is 0 Å². The van der Waals surface area contributed by atoms with E-state index in [1.807, 2.05) is 0 Å². The molecule has 10 nitrogen and oxygen atoms in total. The molecule has 0 unspecified atom stereocenters. The third kappa shape index (κ3) is 5.61. The van der Waals surface area contributed by atoms with Crippen molar-refractivity contribution in [2.45, 2.75) is 6.61 Å². The number of benzene rings is 2. The lowest BCUT2D eigenvalue weighted by Gasteiger charge is -2.08. The lowest BCUT2D eigenvalue weighted by Crippen LogP contribution is -2.43. The highest BCUT2D eigenvalue weighted by atomic mass is 16.6. The summed E-state index contributed by atoms with van der Waals surface area (Å²) in [4.78, 5) is 45.2. The van der Waals surface area contributed by atoms with Gasteiger partial charge in [-0.3, -0.25) is 30.6 Å². The van der Waals surface area contributed by atoms with Crippen molar-refractivity contribution in [3.8, 4) is 0 Å². The Hall–Kier alpha value is -3.79. The number of ether oxygens (including phenoxy) is 1. The second kappa shape index (κ2) is 9.06. The number of hydrogen-bond donors (Lipinski definition) is 3. The van der Waals surface area contributed by atoms with E-state index in [9.17, 15) is 24.5 Å². The van der Waals surface area contributed by atoms with Crippen molar-refractivity contribution in [2.24, 2.45) is 0 Å². The molecular weight excluding hydrogens is 358 g/mol. The van der Waals surface area contributed by atoms with Crippen molar-refractivity contribution in [3.63, 3.8) is 0 Å². The molecule has 0 aliphatic rings. The largest absolute Gasteiger partial charge is 0.452 e. The Morgan fingerprint density at radius 2 is 1.56 bits per heavy atom. The molecule has 0 saturated carbocycles. The molecule has 2 aromatic rings. The van der Waals surface area contributed by atoms with Gasteiger partial charge >= 0.3 is 5.97 Å². The molecule has 140 valence electrons. The number of carbonyl (C=O) groups is 3. The molecule has 0 bridgehead atoms. The maximum absolute atomic E-state index is 11.8. The van der Waals surface area contributed by atoms with Gasteiger partial charge in [-0.15, -0.1) is 0 Å². The average Bonchev–Trinajstić information content (AvgIpc) is 2.70. The van der Waals surface area contributed by atoms with Gasteiger partial charge in [-0.05, 0) is 29.8 Å². The van der Waals surface area contributed by atoms with Crippen LogP contribution in [-0.4, -0.2) is 34.4 Å². The van der Waals surface area contributed by atoms with Crippen LogP contribution in [0, 0.1) is 10.1 Å². The second-order valence-corrected chi connectivity index (χ2v) is 5.24. The minimum Gasteiger partial charge on any atom is -0.452 e. The zero-order valence-corrected chi connectivity index (χ0v) is 13.9. The summed E-state index contributed by atoms with van der Waals surface area (Å²) >= 11 is 0. The predicted octanol–water partition coefficient (Wildman–Crippen LogP) is 0.705. The third-order valence-corrected chi connectivity index (χ3v) is 3.36. The number of aliphatic hydroxyl groups excluding tert-OH is 1. The summed E-state index contributed by atoms with van der Waals surface area (Å²) in [5, 5.41) is 19.5. The summed E-state index contributed by atoms with van der Waals surface area (Å²) in [7, 11) is 0. The van der Waals surface area contributed by atoms with Gasteiger partial charge in [0, 0.05) is 17.7 Å². The van der Waals surface area contributed by atoms with Gasteiger partial charge in [0.05, 0.1) is 17.1 Å². The average molecular weight is 373 g/mol. The first-order valence-corrected chi connectivity index (χ1v) is 7.61. The van der Waals surface area contributed by atoms with Crippen LogP contribution in [0.15, 0.2) is 48.5 Å². The molecule has 0 saturated heterocycles. The Morgan fingerprint density at radius 3 is 2.11 bits per heavy atom. The molecule has 0 fully saturated rings. The van der Waals surface area contributed by atoms with Gasteiger partial charge in [0.25, 0.3) is 17.5 Å². The van der Waals surface area contributed by atoms with E-state index in [1.165, 1.54) is 24.3 Å². The maximum Gasteiger partial charge on any atom is 0.338 e. The number of aliphatic hydroxyl groups is 1. The summed E-state index contributed by atoms with van der Waals surface area (Å²) in [6.45, 7) is -0.784. The van der Waals surface area contributed by atoms with E-state index >= 15 is 0 Å². The van der Waals surface area contributed by atoms with E-state index in [2.05, 4.69) is 10.9 Å². The van der Waals surface area contributed by atoms with Crippen molar-refractivity contribution < 1.29 is 29.2 Å². The number of carbonyl (C=O) groups excluding carboxylic acids is 3. The molecule has 10 heteroatoms. The SMILES string of the molecule is O=C(COC(=O)c1ccc(CO)cc1)NNC(=O)c1ccc([N+](=O)[O-])cc1. The Kier molecular flexibility index (Phi) is 6.55. The normalized spacial score (nSPS) is 9.96. The Labute approximate surface area is 152 Å². The Morgan fingerprint density at radius 1 is 0.963 bits per heavy atom. The van der Waals surface area contributed by atoms with E-state index in [0.29, 0.717) is 5.56 Å². The summed E-state index contributed by atoms with van der Waals surface area (Å²) < 4.78 is 4.80. The fourth-order valence-corrected chi connectivity index (χ4v) is 1.93. The predicted molar refractivity (Wildman–Crippen MR) is 91.4 cm³/mol. The lowest BCUT2D eigenvalue weighted by atomic mass is 10.1. The first-order chi connectivity index (χ1) is 12.9. The zero-order valence-electron chi connectivity index (χ0n) is 13.9. The van der Waals surface area contributed by atoms with Crippen molar-refractivity contribution >= 4 is 23.5 Å². The molecule has 3 N–H and O–H groups in total. The van der Waals surface area contributed by atoms with Crippen molar-refractivity contribution in [1.82, 2.24) is 10.9 Å². The number of nitrogens with zero attached hydrogens (tertiary/aromatic N) is 1. The van der Waals surface area contributed by atoms with Crippen molar-refractivity contribution in [1.29, 1.82) is 0 Å². The first-order valence-electron chi connectivity index (χ1n) is 7.61. The molecule has 2 rings (SSSR count). The number of nitrogens with one attached hydrogen (secondary N) is 2. The van der Waals surface area contributed by atoms with Crippen LogP contribution in [0.5, 0.6) is 0 Å². The lowest BCUT2D eigenvalue weighted by molar-refractivity contribution is -0.384. The van der Waals surface area contributed by atoms with Crippen molar-refractivity contribution in [2.75, 3.05) is 6.61 Å². The Balaban J connectivity index is 1.78. The number of amides is 2. The van der Waals surface area contributed by atoms with E-state index in [-0.39, 0.29) is 23.4 Å². The quantitative estimate of drug-likeness (QED) is 0.383. The number of nitro groups is 1. The molecule has 0 aromatic heterocycles. The minimum atomic E-state index is -0.773. The van der Waals surface area contributed by atoms with Gasteiger partial charge in [0.15, 0.2) is 6.61 Å². The number of esters is 1. The minimum absolute atomic E-state index is 0.0990. The fourth-order valence-electron chi connectivity index (χ4n) is 1.93. The summed E-state index contributed by atoms with van der Waals surface area (Å²) in [6.07, 6.45) is 0. The zero-order chi connectivity index (χ0) is 19.8. The van der Waals surface area contributed by atoms with Gasteiger partial charge in [-0.2, -0.15) is 0 Å². The van der Waals surface area contributed by atoms with E-state index in [0.717, 1.165) is 12.1 Å². The molecule has 0 atom stereocenters. The molecule has 0 spiro atoms. The van der Waals surface area contributed by atoms with Crippen molar-refractivity contribution in [3.05, 3.63) is 75.3 Å². The van der Waals surface area contributed by atoms with Crippen LogP contribution >= 0.6 is 0 Å². The van der Waals surface area contributed by atoms with Gasteiger partial charge in [0.1, 0.15) is 0 Å². The highest BCUT2D eigenvalue weighted by Gasteiger charge is 2.12. The summed E-state index contributed by atoms with van der Waals surface area (Å²) in [5.74, 6) is -2.20. The molecule has 0 aliphatic heterocycles. The van der Waals surface area contributed by atoms with Crippen LogP contribution < -0.4 is 10.9 Å². The molecule has 0 radical (unpaired) electrons. The second-order valence-electron chi connectivity index (χ2n) is 5.24. The molecule has 0 aliphatic carbocycles. The Bertz CT molecular complexity index is 848. The van der Waals surface area contributed by atoms with Crippen LogP contribution in [0.25, 0.3) is 0 Å². The topological polar surface area (TPSA) is 148 Å². The number of non-ortho nitro benzene ring substituents is 1. The van der Waals surface area contributed by atoms with Crippen LogP contribution in [0.4, 0.5) is 5.69 Å².